The van der Waals surface area contributed by atoms with Gasteiger partial charge in [-0.25, -0.2) is 4.79 Å². The van der Waals surface area contributed by atoms with Gasteiger partial charge in [0.25, 0.3) is 0 Å². The molecule has 1 aromatic rings. The van der Waals surface area contributed by atoms with Gasteiger partial charge in [-0.05, 0) is 64.7 Å². The standard InChI is InChI=1S/C18H26Cl2N2O2/c1-12(21-16-9-14(19)8-15(20)10-16)13-6-5-7-22(11-13)17(23)24-18(2,3)4/h8-10,12-13,21H,5-7,11H2,1-4H3. The molecule has 1 N–H and O–H groups in total. The first-order valence-electron chi connectivity index (χ1n) is 8.34. The van der Waals surface area contributed by atoms with Crippen LogP contribution in [0.3, 0.4) is 0 Å². The van der Waals surface area contributed by atoms with E-state index < -0.39 is 5.60 Å². The number of hydrogen-bond acceptors (Lipinski definition) is 3. The summed E-state index contributed by atoms with van der Waals surface area (Å²) in [6, 6.07) is 5.63. The number of likely N-dealkylation sites (tertiary alicyclic amines) is 1. The molecular formula is C18H26Cl2N2O2. The van der Waals surface area contributed by atoms with Crippen molar-refractivity contribution in [1.29, 1.82) is 0 Å². The Balaban J connectivity index is 1.97. The number of nitrogens with zero attached hydrogens (tertiary/aromatic N) is 1. The predicted molar refractivity (Wildman–Crippen MR) is 100 cm³/mol. The highest BCUT2D eigenvalue weighted by atomic mass is 35.5. The Morgan fingerprint density at radius 1 is 1.29 bits per heavy atom. The molecule has 6 heteroatoms. The minimum atomic E-state index is -0.467. The zero-order valence-corrected chi connectivity index (χ0v) is 16.2. The van der Waals surface area contributed by atoms with Crippen LogP contribution in [0.1, 0.15) is 40.5 Å². The van der Waals surface area contributed by atoms with Gasteiger partial charge in [0.2, 0.25) is 0 Å². The van der Waals surface area contributed by atoms with Crippen molar-refractivity contribution >= 4 is 35.0 Å². The molecule has 0 spiro atoms. The molecule has 1 fully saturated rings. The molecule has 1 saturated heterocycles. The molecule has 0 radical (unpaired) electrons. The van der Waals surface area contributed by atoms with Gasteiger partial charge < -0.3 is 15.0 Å². The van der Waals surface area contributed by atoms with E-state index >= 15 is 0 Å². The van der Waals surface area contributed by atoms with Crippen molar-refractivity contribution in [3.8, 4) is 0 Å². The maximum atomic E-state index is 12.3. The lowest BCUT2D eigenvalue weighted by molar-refractivity contribution is 0.0159. The molecule has 0 saturated carbocycles. The second-order valence-corrected chi connectivity index (χ2v) is 8.29. The molecule has 1 aliphatic heterocycles. The Bertz CT molecular complexity index is 567. The maximum Gasteiger partial charge on any atom is 0.410 e. The summed E-state index contributed by atoms with van der Waals surface area (Å²) in [5, 5.41) is 4.67. The van der Waals surface area contributed by atoms with Gasteiger partial charge in [-0.1, -0.05) is 23.2 Å². The molecule has 1 aromatic carbocycles. The van der Waals surface area contributed by atoms with Crippen LogP contribution in [0.15, 0.2) is 18.2 Å². The molecular weight excluding hydrogens is 347 g/mol. The van der Waals surface area contributed by atoms with Crippen molar-refractivity contribution in [2.45, 2.75) is 52.2 Å². The summed E-state index contributed by atoms with van der Waals surface area (Å²) >= 11 is 12.1. The van der Waals surface area contributed by atoms with Gasteiger partial charge in [0.05, 0.1) is 0 Å². The highest BCUT2D eigenvalue weighted by Crippen LogP contribution is 2.27. The summed E-state index contributed by atoms with van der Waals surface area (Å²) in [5.41, 5.74) is 0.431. The molecule has 24 heavy (non-hydrogen) atoms. The summed E-state index contributed by atoms with van der Waals surface area (Å²) < 4.78 is 5.49. The molecule has 2 unspecified atom stereocenters. The fourth-order valence-corrected chi connectivity index (χ4v) is 3.45. The highest BCUT2D eigenvalue weighted by molar-refractivity contribution is 6.35. The van der Waals surface area contributed by atoms with Crippen molar-refractivity contribution in [1.82, 2.24) is 4.90 Å². The van der Waals surface area contributed by atoms with Crippen molar-refractivity contribution < 1.29 is 9.53 Å². The van der Waals surface area contributed by atoms with Gasteiger partial charge in [0, 0.05) is 34.9 Å². The monoisotopic (exact) mass is 372 g/mol. The Morgan fingerprint density at radius 3 is 2.50 bits per heavy atom. The van der Waals surface area contributed by atoms with Crippen LogP contribution in [-0.2, 0) is 4.74 Å². The van der Waals surface area contributed by atoms with E-state index in [4.69, 9.17) is 27.9 Å². The van der Waals surface area contributed by atoms with Crippen LogP contribution in [0.4, 0.5) is 10.5 Å². The van der Waals surface area contributed by atoms with E-state index in [-0.39, 0.29) is 12.1 Å². The van der Waals surface area contributed by atoms with Gasteiger partial charge in [-0.3, -0.25) is 0 Å². The van der Waals surface area contributed by atoms with E-state index in [9.17, 15) is 4.79 Å². The molecule has 1 aliphatic rings. The van der Waals surface area contributed by atoms with Gasteiger partial charge in [-0.15, -0.1) is 0 Å². The Hall–Kier alpha value is -1.13. The molecule has 1 amide bonds. The summed E-state index contributed by atoms with van der Waals surface area (Å²) in [7, 11) is 0. The van der Waals surface area contributed by atoms with Crippen LogP contribution in [0.5, 0.6) is 0 Å². The molecule has 134 valence electrons. The number of rotatable bonds is 3. The number of amides is 1. The number of piperidine rings is 1. The zero-order chi connectivity index (χ0) is 17.9. The summed E-state index contributed by atoms with van der Waals surface area (Å²) in [6.45, 7) is 9.23. The van der Waals surface area contributed by atoms with Crippen LogP contribution >= 0.6 is 23.2 Å². The molecule has 0 aliphatic carbocycles. The van der Waals surface area contributed by atoms with Crippen molar-refractivity contribution in [2.75, 3.05) is 18.4 Å². The van der Waals surface area contributed by atoms with Gasteiger partial charge in [-0.2, -0.15) is 0 Å². The fraction of sp³-hybridized carbons (Fsp3) is 0.611. The number of benzene rings is 1. The topological polar surface area (TPSA) is 41.6 Å². The summed E-state index contributed by atoms with van der Waals surface area (Å²) in [6.07, 6.45) is 1.82. The number of carbonyl (C=O) groups is 1. The first-order chi connectivity index (χ1) is 11.1. The molecule has 0 aromatic heterocycles. The number of anilines is 1. The molecule has 1 heterocycles. The third kappa shape index (κ3) is 5.75. The molecule has 2 rings (SSSR count). The quantitative estimate of drug-likeness (QED) is 0.767. The number of carbonyl (C=O) groups excluding carboxylic acids is 1. The Labute approximate surface area is 154 Å². The second kappa shape index (κ2) is 7.83. The number of nitrogens with one attached hydrogen (secondary N) is 1. The number of ether oxygens (including phenoxy) is 1. The smallest absolute Gasteiger partial charge is 0.410 e. The Morgan fingerprint density at radius 2 is 1.92 bits per heavy atom. The van der Waals surface area contributed by atoms with Gasteiger partial charge in [0.15, 0.2) is 0 Å². The fourth-order valence-electron chi connectivity index (χ4n) is 2.93. The summed E-state index contributed by atoms with van der Waals surface area (Å²) in [5.74, 6) is 0.351. The van der Waals surface area contributed by atoms with E-state index in [1.54, 1.807) is 6.07 Å². The lowest BCUT2D eigenvalue weighted by Gasteiger charge is -2.37. The van der Waals surface area contributed by atoms with E-state index in [0.29, 0.717) is 22.5 Å². The van der Waals surface area contributed by atoms with Crippen LogP contribution in [0.25, 0.3) is 0 Å². The van der Waals surface area contributed by atoms with Crippen LogP contribution < -0.4 is 5.32 Å². The van der Waals surface area contributed by atoms with Crippen LogP contribution in [0.2, 0.25) is 10.0 Å². The third-order valence-electron chi connectivity index (χ3n) is 4.07. The van der Waals surface area contributed by atoms with Crippen LogP contribution in [0, 0.1) is 5.92 Å². The van der Waals surface area contributed by atoms with E-state index in [1.807, 2.05) is 37.8 Å². The first kappa shape index (κ1) is 19.2. The van der Waals surface area contributed by atoms with E-state index in [1.165, 1.54) is 0 Å². The largest absolute Gasteiger partial charge is 0.444 e. The minimum Gasteiger partial charge on any atom is -0.444 e. The Kier molecular flexibility index (Phi) is 6.27. The molecule has 0 bridgehead atoms. The normalized spacial score (nSPS) is 19.8. The SMILES string of the molecule is CC(Nc1cc(Cl)cc(Cl)c1)C1CCCN(C(=O)OC(C)(C)C)C1. The average molecular weight is 373 g/mol. The maximum absolute atomic E-state index is 12.3. The first-order valence-corrected chi connectivity index (χ1v) is 9.10. The van der Waals surface area contributed by atoms with E-state index in [2.05, 4.69) is 12.2 Å². The minimum absolute atomic E-state index is 0.199. The predicted octanol–water partition coefficient (Wildman–Crippen LogP) is 5.44. The lowest BCUT2D eigenvalue weighted by atomic mass is 9.91. The van der Waals surface area contributed by atoms with Crippen molar-refractivity contribution in [2.24, 2.45) is 5.92 Å². The highest BCUT2D eigenvalue weighted by Gasteiger charge is 2.30. The van der Waals surface area contributed by atoms with Crippen LogP contribution in [-0.4, -0.2) is 35.7 Å². The molecule has 4 nitrogen and oxygen atoms in total. The average Bonchev–Trinajstić information content (AvgIpc) is 2.44. The van der Waals surface area contributed by atoms with Gasteiger partial charge in [0.1, 0.15) is 5.60 Å². The lowest BCUT2D eigenvalue weighted by Crippen LogP contribution is -2.46. The molecule has 2 atom stereocenters. The number of halogens is 2. The van der Waals surface area contributed by atoms with Crippen molar-refractivity contribution in [3.05, 3.63) is 28.2 Å². The third-order valence-corrected chi connectivity index (χ3v) is 4.51. The zero-order valence-electron chi connectivity index (χ0n) is 14.7. The van der Waals surface area contributed by atoms with Crippen molar-refractivity contribution in [3.63, 3.8) is 0 Å². The van der Waals surface area contributed by atoms with E-state index in [0.717, 1.165) is 25.1 Å². The summed E-state index contributed by atoms with van der Waals surface area (Å²) in [4.78, 5) is 14.1. The number of hydrogen-bond donors (Lipinski definition) is 1. The second-order valence-electron chi connectivity index (χ2n) is 7.42. The van der Waals surface area contributed by atoms with Gasteiger partial charge >= 0.3 is 6.09 Å².